The van der Waals surface area contributed by atoms with Crippen LogP contribution in [0.2, 0.25) is 0 Å². The first-order valence-electron chi connectivity index (χ1n) is 9.45. The topological polar surface area (TPSA) is 30.5 Å². The van der Waals surface area contributed by atoms with Gasteiger partial charge in [-0.2, -0.15) is 0 Å². The fourth-order valence-corrected chi connectivity index (χ4v) is 3.29. The molecule has 1 aliphatic heterocycles. The van der Waals surface area contributed by atoms with Gasteiger partial charge in [0.15, 0.2) is 0 Å². The first-order valence-corrected chi connectivity index (χ1v) is 9.45. The minimum absolute atomic E-state index is 0.703. The Kier molecular flexibility index (Phi) is 6.75. The quantitative estimate of drug-likeness (QED) is 0.707. The highest BCUT2D eigenvalue weighted by Gasteiger charge is 2.14. The molecule has 0 atom stereocenters. The fourth-order valence-electron chi connectivity index (χ4n) is 3.29. The molecule has 0 bridgehead atoms. The van der Waals surface area contributed by atoms with Gasteiger partial charge in [-0.15, -0.1) is 0 Å². The van der Waals surface area contributed by atoms with Gasteiger partial charge in [0.1, 0.15) is 11.5 Å². The van der Waals surface area contributed by atoms with Gasteiger partial charge < -0.3 is 14.8 Å². The van der Waals surface area contributed by atoms with Gasteiger partial charge in [-0.25, -0.2) is 0 Å². The third kappa shape index (κ3) is 5.50. The van der Waals surface area contributed by atoms with Crippen molar-refractivity contribution in [2.24, 2.45) is 0 Å². The van der Waals surface area contributed by atoms with Crippen molar-refractivity contribution in [1.82, 2.24) is 5.32 Å². The summed E-state index contributed by atoms with van der Waals surface area (Å²) in [4.78, 5) is 0. The van der Waals surface area contributed by atoms with Gasteiger partial charge in [0, 0.05) is 0 Å². The molecule has 0 amide bonds. The van der Waals surface area contributed by atoms with E-state index in [4.69, 9.17) is 9.47 Å². The number of aryl methyl sites for hydroxylation is 1. The summed E-state index contributed by atoms with van der Waals surface area (Å²) < 4.78 is 11.7. The van der Waals surface area contributed by atoms with Crippen LogP contribution in [-0.4, -0.2) is 26.3 Å². The van der Waals surface area contributed by atoms with Gasteiger partial charge in [-0.05, 0) is 80.9 Å². The molecule has 1 N–H and O–H groups in total. The van der Waals surface area contributed by atoms with Crippen LogP contribution in [0.4, 0.5) is 0 Å². The highest BCUT2D eigenvalue weighted by atomic mass is 16.5. The largest absolute Gasteiger partial charge is 0.494 e. The molecule has 0 spiro atoms. The minimum Gasteiger partial charge on any atom is -0.494 e. The van der Waals surface area contributed by atoms with E-state index >= 15 is 0 Å². The molecule has 3 rings (SSSR count). The van der Waals surface area contributed by atoms with E-state index < -0.39 is 0 Å². The lowest BCUT2D eigenvalue weighted by Crippen LogP contribution is -2.26. The third-order valence-corrected chi connectivity index (χ3v) is 4.85. The van der Waals surface area contributed by atoms with E-state index in [9.17, 15) is 0 Å². The van der Waals surface area contributed by atoms with Crippen LogP contribution in [0.25, 0.3) is 0 Å². The van der Waals surface area contributed by atoms with Gasteiger partial charge in [0.05, 0.1) is 13.2 Å². The number of nitrogens with one attached hydrogen (secondary N) is 1. The van der Waals surface area contributed by atoms with Crippen molar-refractivity contribution in [2.45, 2.75) is 38.5 Å². The maximum absolute atomic E-state index is 5.86. The van der Waals surface area contributed by atoms with E-state index in [-0.39, 0.29) is 0 Å². The first kappa shape index (κ1) is 17.8. The molecule has 0 radical (unpaired) electrons. The summed E-state index contributed by atoms with van der Waals surface area (Å²) in [6, 6.07) is 16.8. The summed E-state index contributed by atoms with van der Waals surface area (Å²) in [7, 11) is 0. The second-order valence-electron chi connectivity index (χ2n) is 6.76. The highest BCUT2D eigenvalue weighted by Crippen LogP contribution is 2.26. The second-order valence-corrected chi connectivity index (χ2v) is 6.76. The number of piperidine rings is 1. The molecule has 1 fully saturated rings. The van der Waals surface area contributed by atoms with Crippen LogP contribution in [0.1, 0.15) is 42.7 Å². The molecule has 1 aliphatic rings. The zero-order valence-corrected chi connectivity index (χ0v) is 15.2. The van der Waals surface area contributed by atoms with Crippen LogP contribution in [0, 0.1) is 6.92 Å². The van der Waals surface area contributed by atoms with Crippen LogP contribution in [0.3, 0.4) is 0 Å². The molecular weight excluding hydrogens is 310 g/mol. The number of hydrogen-bond donors (Lipinski definition) is 1. The standard InChI is InChI=1S/C22H29NO2/c1-18-6-2-3-7-22(18)25-17-5-4-16-24-21-10-8-19(9-11-21)20-12-14-23-15-13-20/h2-3,6-11,20,23H,4-5,12-17H2,1H3. The lowest BCUT2D eigenvalue weighted by molar-refractivity contribution is 0.265. The molecule has 1 saturated heterocycles. The van der Waals surface area contributed by atoms with E-state index in [0.717, 1.165) is 50.6 Å². The van der Waals surface area contributed by atoms with E-state index in [2.05, 4.69) is 42.6 Å². The average molecular weight is 339 g/mol. The Hall–Kier alpha value is -2.00. The molecule has 0 saturated carbocycles. The summed E-state index contributed by atoms with van der Waals surface area (Å²) in [6.45, 7) is 5.82. The molecule has 0 unspecified atom stereocenters. The normalized spacial score (nSPS) is 15.1. The molecule has 0 aliphatic carbocycles. The molecule has 3 heteroatoms. The second kappa shape index (κ2) is 9.47. The number of rotatable bonds is 8. The number of para-hydroxylation sites is 1. The maximum Gasteiger partial charge on any atom is 0.122 e. The lowest BCUT2D eigenvalue weighted by atomic mass is 9.90. The first-order chi connectivity index (χ1) is 12.3. The Bertz CT molecular complexity index is 633. The molecular formula is C22H29NO2. The summed E-state index contributed by atoms with van der Waals surface area (Å²) >= 11 is 0. The number of unbranched alkanes of at least 4 members (excludes halogenated alkanes) is 1. The minimum atomic E-state index is 0.703. The highest BCUT2D eigenvalue weighted by molar-refractivity contribution is 5.31. The van der Waals surface area contributed by atoms with E-state index in [0.29, 0.717) is 5.92 Å². The SMILES string of the molecule is Cc1ccccc1OCCCCOc1ccc(C2CCNCC2)cc1. The van der Waals surface area contributed by atoms with Crippen LogP contribution >= 0.6 is 0 Å². The summed E-state index contributed by atoms with van der Waals surface area (Å²) in [6.07, 6.45) is 4.48. The van der Waals surface area contributed by atoms with E-state index in [1.54, 1.807) is 0 Å². The van der Waals surface area contributed by atoms with Crippen molar-refractivity contribution in [2.75, 3.05) is 26.3 Å². The molecule has 2 aromatic carbocycles. The zero-order valence-electron chi connectivity index (χ0n) is 15.2. The van der Waals surface area contributed by atoms with Crippen LogP contribution in [-0.2, 0) is 0 Å². The van der Waals surface area contributed by atoms with Crippen molar-refractivity contribution in [3.05, 3.63) is 59.7 Å². The molecule has 0 aromatic heterocycles. The molecule has 3 nitrogen and oxygen atoms in total. The average Bonchev–Trinajstić information content (AvgIpc) is 2.67. The van der Waals surface area contributed by atoms with Crippen molar-refractivity contribution in [3.8, 4) is 11.5 Å². The van der Waals surface area contributed by atoms with Crippen molar-refractivity contribution >= 4 is 0 Å². The monoisotopic (exact) mass is 339 g/mol. The predicted octanol–water partition coefficient (Wildman–Crippen LogP) is 4.70. The summed E-state index contributed by atoms with van der Waals surface area (Å²) in [5, 5.41) is 3.42. The summed E-state index contributed by atoms with van der Waals surface area (Å²) in [5.41, 5.74) is 2.63. The zero-order chi connectivity index (χ0) is 17.3. The van der Waals surface area contributed by atoms with Crippen LogP contribution in [0.5, 0.6) is 11.5 Å². The third-order valence-electron chi connectivity index (χ3n) is 4.85. The summed E-state index contributed by atoms with van der Waals surface area (Å²) in [5.74, 6) is 2.66. The van der Waals surface area contributed by atoms with E-state index in [1.165, 1.54) is 24.0 Å². The van der Waals surface area contributed by atoms with Crippen LogP contribution < -0.4 is 14.8 Å². The molecule has 1 heterocycles. The van der Waals surface area contributed by atoms with Crippen molar-refractivity contribution in [3.63, 3.8) is 0 Å². The molecule has 25 heavy (non-hydrogen) atoms. The lowest BCUT2D eigenvalue weighted by Gasteiger charge is -2.23. The number of benzene rings is 2. The van der Waals surface area contributed by atoms with Gasteiger partial charge in [-0.1, -0.05) is 30.3 Å². The van der Waals surface area contributed by atoms with Gasteiger partial charge >= 0.3 is 0 Å². The smallest absolute Gasteiger partial charge is 0.122 e. The number of hydrogen-bond acceptors (Lipinski definition) is 3. The van der Waals surface area contributed by atoms with Gasteiger partial charge in [0.25, 0.3) is 0 Å². The Morgan fingerprint density at radius 3 is 2.28 bits per heavy atom. The molecule has 2 aromatic rings. The Labute approximate surface area is 151 Å². The number of ether oxygens (including phenoxy) is 2. The Balaban J connectivity index is 1.33. The van der Waals surface area contributed by atoms with E-state index in [1.807, 2.05) is 18.2 Å². The maximum atomic E-state index is 5.86. The predicted molar refractivity (Wildman–Crippen MR) is 103 cm³/mol. The van der Waals surface area contributed by atoms with Crippen LogP contribution in [0.15, 0.2) is 48.5 Å². The Morgan fingerprint density at radius 1 is 0.880 bits per heavy atom. The Morgan fingerprint density at radius 2 is 1.56 bits per heavy atom. The molecule has 134 valence electrons. The fraction of sp³-hybridized carbons (Fsp3) is 0.455. The van der Waals surface area contributed by atoms with Gasteiger partial charge in [0.2, 0.25) is 0 Å². The van der Waals surface area contributed by atoms with Crippen molar-refractivity contribution in [1.29, 1.82) is 0 Å². The van der Waals surface area contributed by atoms with Gasteiger partial charge in [-0.3, -0.25) is 0 Å². The van der Waals surface area contributed by atoms with Crippen molar-refractivity contribution < 1.29 is 9.47 Å².